The van der Waals surface area contributed by atoms with Crippen LogP contribution in [0.4, 0.5) is 0 Å². The molecule has 2 aromatic rings. The normalized spacial score (nSPS) is 28.7. The van der Waals surface area contributed by atoms with E-state index < -0.39 is 39.4 Å². The second-order valence-corrected chi connectivity index (χ2v) is 15.2. The Hall–Kier alpha value is -1.66. The van der Waals surface area contributed by atoms with Gasteiger partial charge in [-0.1, -0.05) is 30.0 Å². The highest BCUT2D eigenvalue weighted by Crippen LogP contribution is 2.51. The predicted molar refractivity (Wildman–Crippen MR) is 148 cm³/mol. The number of primary sulfonamides is 1. The molecule has 214 valence electrons. The minimum Gasteiger partial charge on any atom is -0.543 e. The molecule has 2 saturated heterocycles. The number of rotatable bonds is 10. The number of sulfonamides is 1. The molecule has 12 nitrogen and oxygen atoms in total. The van der Waals surface area contributed by atoms with E-state index in [-0.39, 0.29) is 28.8 Å². The number of thioether (sulfide) groups is 2. The number of thiazole rings is 1. The Balaban J connectivity index is 1.32. The lowest BCUT2D eigenvalue weighted by atomic mass is 9.77. The van der Waals surface area contributed by atoms with E-state index in [2.05, 4.69) is 9.88 Å². The SMILES string of the molecule is CSc1c2sc(C3=C(C(=O)[O-])N4C(=O)[C@H]([C@@H](C)O)[C@H]4[C@H]3C)cn2c[n+]1CCS[C@@H]1CN[C@H](C(N)S(N)(=O)=O)C1. The molecule has 0 aliphatic carbocycles. The maximum atomic E-state index is 12.7. The van der Waals surface area contributed by atoms with Crippen molar-refractivity contribution in [3.8, 4) is 0 Å². The van der Waals surface area contributed by atoms with Gasteiger partial charge in [-0.2, -0.15) is 16.2 Å². The van der Waals surface area contributed by atoms with Crippen LogP contribution in [-0.2, 0) is 26.2 Å². The zero-order chi connectivity index (χ0) is 28.4. The number of imidazole rings is 1. The summed E-state index contributed by atoms with van der Waals surface area (Å²) < 4.78 is 27.2. The second-order valence-electron chi connectivity index (χ2n) is 10.2. The van der Waals surface area contributed by atoms with Crippen LogP contribution in [0.15, 0.2) is 23.2 Å². The fraction of sp³-hybridized carbons (Fsp3) is 0.609. The summed E-state index contributed by atoms with van der Waals surface area (Å²) in [5.74, 6) is -1.84. The Labute approximate surface area is 238 Å². The van der Waals surface area contributed by atoms with Crippen LogP contribution in [0, 0.1) is 11.8 Å². The fourth-order valence-corrected chi connectivity index (χ4v) is 10.0. The summed E-state index contributed by atoms with van der Waals surface area (Å²) in [6.45, 7) is 4.85. The lowest BCUT2D eigenvalue weighted by Gasteiger charge is -2.47. The van der Waals surface area contributed by atoms with Gasteiger partial charge in [0.05, 0.1) is 34.6 Å². The van der Waals surface area contributed by atoms with Crippen molar-refractivity contribution in [2.24, 2.45) is 22.7 Å². The molecule has 1 amide bonds. The molecule has 0 spiro atoms. The number of aryl methyl sites for hydroxylation is 1. The number of β-lactam (4-membered cyclic amide) rings is 1. The fourth-order valence-electron chi connectivity index (χ4n) is 5.96. The average molecular weight is 617 g/mol. The topological polar surface area (TPSA) is 187 Å². The maximum Gasteiger partial charge on any atom is 0.250 e. The van der Waals surface area contributed by atoms with E-state index in [9.17, 15) is 28.2 Å². The van der Waals surface area contributed by atoms with Crippen molar-refractivity contribution < 1.29 is 32.8 Å². The van der Waals surface area contributed by atoms with E-state index in [0.717, 1.165) is 27.0 Å². The summed E-state index contributed by atoms with van der Waals surface area (Å²) in [4.78, 5) is 27.8. The minimum absolute atomic E-state index is 0.0977. The van der Waals surface area contributed by atoms with Crippen LogP contribution in [0.1, 0.15) is 25.1 Å². The molecule has 3 aliphatic rings. The Kier molecular flexibility index (Phi) is 7.86. The van der Waals surface area contributed by atoms with Crippen LogP contribution >= 0.6 is 34.9 Å². The van der Waals surface area contributed by atoms with Gasteiger partial charge in [-0.3, -0.25) is 4.79 Å². The van der Waals surface area contributed by atoms with E-state index in [0.29, 0.717) is 18.5 Å². The minimum atomic E-state index is -3.80. The number of hydrogen-bond donors (Lipinski definition) is 4. The molecule has 7 atom stereocenters. The molecule has 0 radical (unpaired) electrons. The molecule has 1 unspecified atom stereocenters. The number of nitrogens with two attached hydrogens (primary N) is 2. The van der Waals surface area contributed by atoms with E-state index in [4.69, 9.17) is 10.9 Å². The lowest BCUT2D eigenvalue weighted by molar-refractivity contribution is -0.725. The van der Waals surface area contributed by atoms with Crippen LogP contribution < -0.4 is 25.9 Å². The molecule has 6 N–H and O–H groups in total. The van der Waals surface area contributed by atoms with E-state index in [1.54, 1.807) is 30.4 Å². The average Bonchev–Trinajstić information content (AvgIpc) is 3.58. The monoisotopic (exact) mass is 616 g/mol. The highest BCUT2D eigenvalue weighted by atomic mass is 32.2. The van der Waals surface area contributed by atoms with Crippen molar-refractivity contribution in [3.63, 3.8) is 0 Å². The van der Waals surface area contributed by atoms with Crippen molar-refractivity contribution in [2.45, 2.75) is 60.7 Å². The number of carbonyl (C=O) groups excluding carboxylic acids is 2. The molecule has 5 heterocycles. The zero-order valence-electron chi connectivity index (χ0n) is 21.6. The van der Waals surface area contributed by atoms with Crippen molar-refractivity contribution in [1.29, 1.82) is 0 Å². The van der Waals surface area contributed by atoms with Crippen LogP contribution in [0.5, 0.6) is 0 Å². The number of carboxylic acids is 1. The highest BCUT2D eigenvalue weighted by Gasteiger charge is 2.59. The standard InChI is InChI=1S/C23H32N6O6S4/c1-10-15(18(23(32)33)29-17(10)16(11(2)30)20(29)31)14-8-28-9-27(21(36-3)22(28)38-14)4-5-37-12-6-13(26-7-12)19(24)39(25,34)35/h8-13,16-17,19,26,30H,4-7,24H2,1-3H3,(H2-,25,32,33,34,35)/t10-,11+,12-,13-,16+,17+,19?/m0/s1. The smallest absolute Gasteiger partial charge is 0.250 e. The number of carboxylic acid groups (broad SMARTS) is 1. The number of aliphatic hydroxyl groups is 1. The van der Waals surface area contributed by atoms with Gasteiger partial charge in [-0.05, 0) is 19.6 Å². The summed E-state index contributed by atoms with van der Waals surface area (Å²) >= 11 is 4.82. The van der Waals surface area contributed by atoms with Gasteiger partial charge in [0.2, 0.25) is 25.8 Å². The van der Waals surface area contributed by atoms with Crippen LogP contribution in [0.3, 0.4) is 0 Å². The molecular weight excluding hydrogens is 585 g/mol. The number of hydrogen-bond acceptors (Lipinski definition) is 11. The molecule has 2 fully saturated rings. The summed E-state index contributed by atoms with van der Waals surface area (Å²) in [5.41, 5.74) is 6.25. The number of aromatic nitrogens is 2. The predicted octanol–water partition coefficient (Wildman–Crippen LogP) is -1.63. The first-order chi connectivity index (χ1) is 18.3. The van der Waals surface area contributed by atoms with Gasteiger partial charge in [0.1, 0.15) is 18.1 Å². The van der Waals surface area contributed by atoms with Gasteiger partial charge >= 0.3 is 0 Å². The number of aliphatic carboxylic acids is 1. The first kappa shape index (κ1) is 28.9. The van der Waals surface area contributed by atoms with Crippen LogP contribution in [0.2, 0.25) is 0 Å². The molecule has 5 rings (SSSR count). The first-order valence-electron chi connectivity index (χ1n) is 12.5. The highest BCUT2D eigenvalue weighted by molar-refractivity contribution is 8.00. The summed E-state index contributed by atoms with van der Waals surface area (Å²) in [6.07, 6.45) is 5.62. The molecule has 0 saturated carbocycles. The maximum absolute atomic E-state index is 12.7. The molecule has 16 heteroatoms. The first-order valence-corrected chi connectivity index (χ1v) is 17.2. The number of fused-ring (bicyclic) bond motifs is 2. The van der Waals surface area contributed by atoms with E-state index in [1.165, 1.54) is 16.2 Å². The Morgan fingerprint density at radius 1 is 1.44 bits per heavy atom. The van der Waals surface area contributed by atoms with Crippen molar-refractivity contribution >= 4 is 67.2 Å². The van der Waals surface area contributed by atoms with Crippen LogP contribution in [0.25, 0.3) is 10.4 Å². The van der Waals surface area contributed by atoms with Gasteiger partial charge < -0.3 is 31.0 Å². The third-order valence-electron chi connectivity index (χ3n) is 7.82. The van der Waals surface area contributed by atoms with Crippen LogP contribution in [-0.4, -0.2) is 82.1 Å². The Morgan fingerprint density at radius 2 is 2.15 bits per heavy atom. The molecule has 0 aromatic carbocycles. The number of amides is 1. The number of nitrogens with zero attached hydrogens (tertiary/aromatic N) is 3. The van der Waals surface area contributed by atoms with Gasteiger partial charge in [0.15, 0.2) is 0 Å². The molecule has 39 heavy (non-hydrogen) atoms. The number of aliphatic hydroxyl groups excluding tert-OH is 1. The van der Waals surface area contributed by atoms with Gasteiger partial charge in [0.25, 0.3) is 6.33 Å². The van der Waals surface area contributed by atoms with Gasteiger partial charge in [-0.25, -0.2) is 18.1 Å². The number of nitrogens with one attached hydrogen (secondary N) is 1. The van der Waals surface area contributed by atoms with Crippen molar-refractivity contribution in [1.82, 2.24) is 14.6 Å². The van der Waals surface area contributed by atoms with Gasteiger partial charge in [0, 0.05) is 35.1 Å². The lowest BCUT2D eigenvalue weighted by Crippen LogP contribution is -2.64. The molecule has 2 aromatic heterocycles. The van der Waals surface area contributed by atoms with Crippen molar-refractivity contribution in [2.75, 3.05) is 18.6 Å². The number of carbonyl (C=O) groups is 2. The molecule has 3 aliphatic heterocycles. The zero-order valence-corrected chi connectivity index (χ0v) is 24.9. The quantitative estimate of drug-likeness (QED) is 0.137. The molecule has 0 bridgehead atoms. The van der Waals surface area contributed by atoms with E-state index >= 15 is 0 Å². The van der Waals surface area contributed by atoms with Crippen molar-refractivity contribution in [3.05, 3.63) is 23.1 Å². The Morgan fingerprint density at radius 3 is 2.77 bits per heavy atom. The Bertz CT molecular complexity index is 1450. The largest absolute Gasteiger partial charge is 0.543 e. The molecular formula is C23H32N6O6S4. The summed E-state index contributed by atoms with van der Waals surface area (Å²) in [7, 11) is -3.80. The third-order valence-corrected chi connectivity index (χ3v) is 12.2. The third kappa shape index (κ3) is 4.92. The second kappa shape index (κ2) is 10.6. The van der Waals surface area contributed by atoms with E-state index in [1.807, 2.05) is 30.1 Å². The van der Waals surface area contributed by atoms with Gasteiger partial charge in [-0.15, -0.1) is 0 Å². The summed E-state index contributed by atoms with van der Waals surface area (Å²) in [6, 6.07) is -0.755. The summed E-state index contributed by atoms with van der Waals surface area (Å²) in [5, 5.41) is 30.7.